The first-order chi connectivity index (χ1) is 5.47. The number of dihydropyridines is 1. The van der Waals surface area contributed by atoms with Gasteiger partial charge in [0.25, 0.3) is 0 Å². The van der Waals surface area contributed by atoms with Crippen molar-refractivity contribution < 1.29 is 10.2 Å². The highest BCUT2D eigenvalue weighted by Gasteiger charge is 2.39. The minimum atomic E-state index is -1.27. The van der Waals surface area contributed by atoms with Gasteiger partial charge in [-0.25, -0.2) is 0 Å². The van der Waals surface area contributed by atoms with Gasteiger partial charge < -0.3 is 15.5 Å². The maximum absolute atomic E-state index is 9.38. The summed E-state index contributed by atoms with van der Waals surface area (Å²) in [4.78, 5) is -1.27. The lowest BCUT2D eigenvalue weighted by molar-refractivity contribution is 0.121. The molecule has 0 aromatic heterocycles. The van der Waals surface area contributed by atoms with Crippen molar-refractivity contribution in [1.29, 1.82) is 0 Å². The molecular formula is C7H9ClINO2. The average molecular weight is 302 g/mol. The fraction of sp³-hybridized carbons (Fsp3) is 0.429. The van der Waals surface area contributed by atoms with E-state index < -0.39 is 11.1 Å². The van der Waals surface area contributed by atoms with Gasteiger partial charge in [-0.3, -0.25) is 0 Å². The van der Waals surface area contributed by atoms with Crippen LogP contribution in [0.4, 0.5) is 0 Å². The molecule has 0 saturated heterocycles. The van der Waals surface area contributed by atoms with E-state index in [1.807, 2.05) is 22.6 Å². The van der Waals surface area contributed by atoms with Gasteiger partial charge in [0, 0.05) is 0 Å². The van der Waals surface area contributed by atoms with Gasteiger partial charge in [-0.05, 0) is 41.7 Å². The van der Waals surface area contributed by atoms with Crippen LogP contribution in [0.2, 0.25) is 0 Å². The average Bonchev–Trinajstić information content (AvgIpc) is 1.97. The summed E-state index contributed by atoms with van der Waals surface area (Å²) in [6.45, 7) is 1.51. The molecule has 3 nitrogen and oxygen atoms in total. The van der Waals surface area contributed by atoms with Gasteiger partial charge in [-0.1, -0.05) is 11.6 Å². The van der Waals surface area contributed by atoms with E-state index in [-0.39, 0.29) is 5.76 Å². The van der Waals surface area contributed by atoms with Gasteiger partial charge in [0.2, 0.25) is 0 Å². The number of aliphatic hydroxyl groups is 2. The lowest BCUT2D eigenvalue weighted by Crippen LogP contribution is -2.50. The molecule has 2 unspecified atom stereocenters. The maximum atomic E-state index is 9.38. The number of alkyl halides is 1. The van der Waals surface area contributed by atoms with Crippen LogP contribution in [-0.4, -0.2) is 21.3 Å². The fourth-order valence-electron chi connectivity index (χ4n) is 0.871. The van der Waals surface area contributed by atoms with Crippen molar-refractivity contribution in [2.75, 3.05) is 0 Å². The van der Waals surface area contributed by atoms with Crippen molar-refractivity contribution in [2.45, 2.75) is 18.0 Å². The zero-order valence-electron chi connectivity index (χ0n) is 6.38. The Balaban J connectivity index is 2.96. The van der Waals surface area contributed by atoms with Gasteiger partial charge in [0.15, 0.2) is 5.00 Å². The summed E-state index contributed by atoms with van der Waals surface area (Å²) in [5.74, 6) is -0.0698. The number of rotatable bonds is 1. The number of halogens is 2. The Morgan fingerprint density at radius 1 is 1.67 bits per heavy atom. The Hall–Kier alpha value is 0.0600. The van der Waals surface area contributed by atoms with E-state index in [0.29, 0.717) is 0 Å². The first-order valence-corrected chi connectivity index (χ1v) is 4.84. The number of nitrogens with one attached hydrogen (secondary N) is 1. The highest BCUT2D eigenvalue weighted by Crippen LogP contribution is 2.30. The van der Waals surface area contributed by atoms with Gasteiger partial charge in [-0.15, -0.1) is 0 Å². The van der Waals surface area contributed by atoms with Crippen molar-refractivity contribution in [1.82, 2.24) is 5.32 Å². The van der Waals surface area contributed by atoms with E-state index in [0.717, 1.165) is 3.70 Å². The van der Waals surface area contributed by atoms with E-state index >= 15 is 0 Å². The van der Waals surface area contributed by atoms with E-state index in [4.69, 9.17) is 11.6 Å². The third-order valence-electron chi connectivity index (χ3n) is 1.64. The molecule has 1 aliphatic heterocycles. The molecule has 0 aliphatic carbocycles. The first-order valence-electron chi connectivity index (χ1n) is 3.39. The quantitative estimate of drug-likeness (QED) is 0.392. The summed E-state index contributed by atoms with van der Waals surface area (Å²) in [7, 11) is 0. The van der Waals surface area contributed by atoms with Gasteiger partial charge >= 0.3 is 0 Å². The second-order valence-corrected chi connectivity index (χ2v) is 4.34. The molecule has 12 heavy (non-hydrogen) atoms. The number of hydrogen-bond donors (Lipinski definition) is 3. The Morgan fingerprint density at radius 2 is 2.25 bits per heavy atom. The van der Waals surface area contributed by atoms with Crippen LogP contribution in [0.25, 0.3) is 0 Å². The number of allylic oxidation sites excluding steroid dienone is 2. The van der Waals surface area contributed by atoms with Crippen molar-refractivity contribution in [3.8, 4) is 0 Å². The Kier molecular flexibility index (Phi) is 2.90. The van der Waals surface area contributed by atoms with E-state index in [1.165, 1.54) is 13.0 Å². The smallest absolute Gasteiger partial charge is 0.196 e. The minimum absolute atomic E-state index is 0.0698. The molecule has 0 bridgehead atoms. The van der Waals surface area contributed by atoms with Crippen LogP contribution in [0.3, 0.4) is 0 Å². The lowest BCUT2D eigenvalue weighted by atomic mass is 10.1. The summed E-state index contributed by atoms with van der Waals surface area (Å²) >= 11 is 7.95. The summed E-state index contributed by atoms with van der Waals surface area (Å²) in [6.07, 6.45) is 2.28. The predicted octanol–water partition coefficient (Wildman–Crippen LogP) is 1.62. The molecular weight excluding hydrogens is 292 g/mol. The third-order valence-corrected chi connectivity index (χ3v) is 2.87. The molecule has 0 aromatic rings. The monoisotopic (exact) mass is 301 g/mol. The summed E-state index contributed by atoms with van der Waals surface area (Å²) in [5.41, 5.74) is 0. The molecule has 2 atom stereocenters. The molecule has 0 aromatic carbocycles. The van der Waals surface area contributed by atoms with E-state index in [1.54, 1.807) is 6.08 Å². The van der Waals surface area contributed by atoms with Crippen LogP contribution < -0.4 is 5.32 Å². The highest BCUT2D eigenvalue weighted by molar-refractivity contribution is 14.1. The molecule has 1 aliphatic rings. The normalized spacial score (nSPS) is 31.7. The minimum Gasteiger partial charge on any atom is -0.508 e. The van der Waals surface area contributed by atoms with Crippen LogP contribution in [-0.2, 0) is 0 Å². The van der Waals surface area contributed by atoms with Crippen LogP contribution in [0.5, 0.6) is 0 Å². The topological polar surface area (TPSA) is 52.5 Å². The highest BCUT2D eigenvalue weighted by atomic mass is 127. The zero-order valence-corrected chi connectivity index (χ0v) is 9.30. The fourth-order valence-corrected chi connectivity index (χ4v) is 1.80. The molecule has 0 radical (unpaired) electrons. The largest absolute Gasteiger partial charge is 0.508 e. The molecule has 0 spiro atoms. The van der Waals surface area contributed by atoms with Crippen LogP contribution in [0, 0.1) is 0 Å². The lowest BCUT2D eigenvalue weighted by Gasteiger charge is -2.33. The Bertz CT molecular complexity index is 252. The van der Waals surface area contributed by atoms with E-state index in [9.17, 15) is 10.2 Å². The zero-order chi connectivity index (χ0) is 9.35. The third kappa shape index (κ3) is 1.70. The predicted molar refractivity (Wildman–Crippen MR) is 56.2 cm³/mol. The molecule has 3 N–H and O–H groups in total. The molecule has 0 amide bonds. The number of hydrogen-bond acceptors (Lipinski definition) is 3. The van der Waals surface area contributed by atoms with Crippen LogP contribution >= 0.6 is 34.2 Å². The maximum Gasteiger partial charge on any atom is 0.196 e. The second-order valence-electron chi connectivity index (χ2n) is 2.58. The molecule has 1 rings (SSSR count). The molecule has 0 saturated carbocycles. The van der Waals surface area contributed by atoms with Crippen molar-refractivity contribution >= 4 is 34.2 Å². The number of aliphatic hydroxyl groups excluding tert-OH is 2. The molecule has 5 heteroatoms. The molecule has 0 fully saturated rings. The summed E-state index contributed by atoms with van der Waals surface area (Å²) in [5, 5.41) is 21.5. The summed E-state index contributed by atoms with van der Waals surface area (Å²) in [6, 6.07) is 0. The van der Waals surface area contributed by atoms with Crippen LogP contribution in [0.1, 0.15) is 6.92 Å². The van der Waals surface area contributed by atoms with Crippen molar-refractivity contribution in [3.63, 3.8) is 0 Å². The van der Waals surface area contributed by atoms with Gasteiger partial charge in [-0.2, -0.15) is 0 Å². The summed E-state index contributed by atoms with van der Waals surface area (Å²) < 4.78 is 0.779. The van der Waals surface area contributed by atoms with Crippen LogP contribution in [0.15, 0.2) is 21.6 Å². The van der Waals surface area contributed by atoms with E-state index in [2.05, 4.69) is 5.32 Å². The molecule has 68 valence electrons. The standard InChI is InChI=1S/C7H9ClINO2/c1-4(11)7(8)5(12)2-3-6(9)10-7/h2-4,10-12H,1H3. The SMILES string of the molecule is CC(O)C1(Cl)NC(I)=CC=C1O. The van der Waals surface area contributed by atoms with Gasteiger partial charge in [0.05, 0.1) is 9.81 Å². The first kappa shape index (κ1) is 10.1. The second kappa shape index (κ2) is 3.43. The van der Waals surface area contributed by atoms with Crippen molar-refractivity contribution in [2.24, 2.45) is 0 Å². The molecule has 1 heterocycles. The van der Waals surface area contributed by atoms with Crippen molar-refractivity contribution in [3.05, 3.63) is 21.6 Å². The Labute approximate surface area is 89.2 Å². The van der Waals surface area contributed by atoms with Gasteiger partial charge in [0.1, 0.15) is 5.76 Å². The Morgan fingerprint density at radius 3 is 2.67 bits per heavy atom.